The van der Waals surface area contributed by atoms with Crippen LogP contribution in [0.15, 0.2) is 0 Å². The predicted octanol–water partition coefficient (Wildman–Crippen LogP) is 2.95. The van der Waals surface area contributed by atoms with E-state index >= 15 is 0 Å². The van der Waals surface area contributed by atoms with E-state index in [9.17, 15) is 18.7 Å². The van der Waals surface area contributed by atoms with Gasteiger partial charge >= 0.3 is 0 Å². The Morgan fingerprint density at radius 3 is 1.89 bits per heavy atom. The number of Topliss-reactive ketones (excluding diaryl/α,β-unsaturated/α-hetero) is 1. The van der Waals surface area contributed by atoms with Crippen molar-refractivity contribution >= 4 is 5.78 Å². The molecule has 1 N–H and O–H groups in total. The van der Waals surface area contributed by atoms with Gasteiger partial charge in [-0.3, -0.25) is 4.79 Å². The van der Waals surface area contributed by atoms with E-state index in [-0.39, 0.29) is 18.6 Å². The molecule has 1 saturated carbocycles. The maximum Gasteiger partial charge on any atom is 0.248 e. The molecule has 5 heteroatoms. The number of halogens is 2. The average Bonchev–Trinajstić information content (AvgIpc) is 2.34. The highest BCUT2D eigenvalue weighted by Gasteiger charge is 2.55. The molecule has 1 aliphatic carbocycles. The van der Waals surface area contributed by atoms with Gasteiger partial charge in [-0.25, -0.2) is 8.78 Å². The van der Waals surface area contributed by atoms with Crippen molar-refractivity contribution in [1.82, 2.24) is 0 Å². The van der Waals surface area contributed by atoms with Crippen LogP contribution in [0.3, 0.4) is 0 Å². The molecule has 0 saturated heterocycles. The fourth-order valence-electron chi connectivity index (χ4n) is 2.17. The summed E-state index contributed by atoms with van der Waals surface area (Å²) in [5.74, 6) is -3.08. The molecule has 0 aromatic heterocycles. The molecule has 1 atom stereocenters. The van der Waals surface area contributed by atoms with Crippen molar-refractivity contribution in [3.05, 3.63) is 0 Å². The van der Waals surface area contributed by atoms with Crippen molar-refractivity contribution in [1.29, 1.82) is 0 Å². The van der Waals surface area contributed by atoms with Crippen molar-refractivity contribution in [2.75, 3.05) is 7.11 Å². The second kappa shape index (κ2) is 6.06. The first-order chi connectivity index (χ1) is 8.17. The van der Waals surface area contributed by atoms with Crippen molar-refractivity contribution in [3.63, 3.8) is 0 Å². The summed E-state index contributed by atoms with van der Waals surface area (Å²) >= 11 is 0. The molecule has 1 rings (SSSR count). The van der Waals surface area contributed by atoms with E-state index in [1.807, 2.05) is 13.8 Å². The van der Waals surface area contributed by atoms with Crippen LogP contribution in [0.4, 0.5) is 8.78 Å². The van der Waals surface area contributed by atoms with Crippen LogP contribution in [0.5, 0.6) is 0 Å². The minimum atomic E-state index is -2.74. The summed E-state index contributed by atoms with van der Waals surface area (Å²) in [5.41, 5.74) is -2.89. The highest BCUT2D eigenvalue weighted by Crippen LogP contribution is 2.44. The van der Waals surface area contributed by atoms with Crippen molar-refractivity contribution in [2.24, 2.45) is 0 Å². The Morgan fingerprint density at radius 2 is 1.61 bits per heavy atom. The van der Waals surface area contributed by atoms with Crippen LogP contribution < -0.4 is 0 Å². The Kier molecular flexibility index (Phi) is 5.88. The van der Waals surface area contributed by atoms with Crippen LogP contribution in [-0.2, 0) is 9.53 Å². The van der Waals surface area contributed by atoms with E-state index < -0.39 is 30.0 Å². The van der Waals surface area contributed by atoms with E-state index in [1.165, 1.54) is 21.0 Å². The fourth-order valence-corrected chi connectivity index (χ4v) is 2.17. The largest absolute Gasteiger partial charge is 0.386 e. The third-order valence-corrected chi connectivity index (χ3v) is 3.78. The van der Waals surface area contributed by atoms with Crippen LogP contribution in [0, 0.1) is 0 Å². The van der Waals surface area contributed by atoms with Gasteiger partial charge in [0, 0.05) is 20.0 Å². The van der Waals surface area contributed by atoms with Crippen LogP contribution in [0.25, 0.3) is 0 Å². The molecule has 0 radical (unpaired) electrons. The fraction of sp³-hybridized carbons (Fsp3) is 0.923. The Balaban J connectivity index is 0.00000137. The normalized spacial score (nSPS) is 24.4. The minimum absolute atomic E-state index is 0.121. The molecular formula is C13H24F2O3. The zero-order chi connectivity index (χ0) is 14.6. The highest BCUT2D eigenvalue weighted by molar-refractivity contribution is 5.86. The van der Waals surface area contributed by atoms with Gasteiger partial charge in [-0.2, -0.15) is 0 Å². The standard InChI is InChI=1S/C11H18F2O3.C2H6/c1-8(14)9(2,16-3)10(15)4-6-11(12,13)7-5-10;1-2/h15H,4-7H2,1-3H3;1-2H3. The van der Waals surface area contributed by atoms with Gasteiger partial charge in [0.2, 0.25) is 5.92 Å². The molecule has 108 valence electrons. The summed E-state index contributed by atoms with van der Waals surface area (Å²) < 4.78 is 31.1. The van der Waals surface area contributed by atoms with E-state index in [1.54, 1.807) is 0 Å². The molecule has 1 aliphatic rings. The van der Waals surface area contributed by atoms with E-state index in [0.29, 0.717) is 0 Å². The Morgan fingerprint density at radius 1 is 1.22 bits per heavy atom. The summed E-state index contributed by atoms with van der Waals surface area (Å²) in [7, 11) is 1.31. The van der Waals surface area contributed by atoms with Gasteiger partial charge in [-0.15, -0.1) is 0 Å². The number of carbonyl (C=O) groups excluding carboxylic acids is 1. The van der Waals surface area contributed by atoms with Gasteiger partial charge in [0.15, 0.2) is 11.4 Å². The van der Waals surface area contributed by atoms with Gasteiger partial charge in [-0.05, 0) is 26.7 Å². The van der Waals surface area contributed by atoms with Crippen LogP contribution in [0.2, 0.25) is 0 Å². The zero-order valence-corrected chi connectivity index (χ0v) is 11.8. The second-order valence-corrected chi connectivity index (χ2v) is 4.68. The third-order valence-electron chi connectivity index (χ3n) is 3.78. The molecule has 0 aromatic carbocycles. The number of ether oxygens (including phenoxy) is 1. The zero-order valence-electron chi connectivity index (χ0n) is 11.8. The first-order valence-electron chi connectivity index (χ1n) is 6.33. The Labute approximate surface area is 108 Å². The number of ketones is 1. The van der Waals surface area contributed by atoms with Crippen LogP contribution >= 0.6 is 0 Å². The van der Waals surface area contributed by atoms with Gasteiger partial charge in [0.25, 0.3) is 0 Å². The average molecular weight is 266 g/mol. The van der Waals surface area contributed by atoms with E-state index in [2.05, 4.69) is 0 Å². The molecule has 0 bridgehead atoms. The lowest BCUT2D eigenvalue weighted by atomic mass is 9.71. The molecule has 0 amide bonds. The van der Waals surface area contributed by atoms with E-state index in [0.717, 1.165) is 0 Å². The van der Waals surface area contributed by atoms with Gasteiger partial charge in [0.1, 0.15) is 5.60 Å². The first kappa shape index (κ1) is 17.4. The lowest BCUT2D eigenvalue weighted by Crippen LogP contribution is -2.60. The maximum atomic E-state index is 13.0. The molecule has 0 aromatic rings. The van der Waals surface area contributed by atoms with E-state index in [4.69, 9.17) is 4.74 Å². The third kappa shape index (κ3) is 3.26. The lowest BCUT2D eigenvalue weighted by molar-refractivity contribution is -0.201. The SMILES string of the molecule is CC.COC(C)(C(C)=O)C1(O)CCC(F)(F)CC1. The lowest BCUT2D eigenvalue weighted by Gasteiger charge is -2.46. The molecule has 1 unspecified atom stereocenters. The number of hydrogen-bond donors (Lipinski definition) is 1. The summed E-state index contributed by atoms with van der Waals surface area (Å²) in [4.78, 5) is 11.5. The maximum absolute atomic E-state index is 13.0. The Bertz CT molecular complexity index is 282. The van der Waals surface area contributed by atoms with Gasteiger partial charge in [0.05, 0.1) is 0 Å². The summed E-state index contributed by atoms with van der Waals surface area (Å²) in [6.45, 7) is 6.76. The summed E-state index contributed by atoms with van der Waals surface area (Å²) in [6, 6.07) is 0. The quantitative estimate of drug-likeness (QED) is 0.854. The Hall–Kier alpha value is -0.550. The first-order valence-corrected chi connectivity index (χ1v) is 6.33. The smallest absolute Gasteiger partial charge is 0.248 e. The minimum Gasteiger partial charge on any atom is -0.386 e. The predicted molar refractivity (Wildman–Crippen MR) is 65.8 cm³/mol. The number of carbonyl (C=O) groups is 1. The number of alkyl halides is 2. The topological polar surface area (TPSA) is 46.5 Å². The van der Waals surface area contributed by atoms with Crippen molar-refractivity contribution in [3.8, 4) is 0 Å². The molecule has 18 heavy (non-hydrogen) atoms. The molecule has 3 nitrogen and oxygen atoms in total. The van der Waals surface area contributed by atoms with Gasteiger partial charge in [-0.1, -0.05) is 13.8 Å². The molecule has 0 spiro atoms. The van der Waals surface area contributed by atoms with Crippen LogP contribution in [-0.4, -0.2) is 35.1 Å². The number of methoxy groups -OCH3 is 1. The molecule has 1 fully saturated rings. The van der Waals surface area contributed by atoms with Crippen molar-refractivity contribution < 1.29 is 23.4 Å². The number of rotatable bonds is 3. The summed E-state index contributed by atoms with van der Waals surface area (Å²) in [6.07, 6.45) is -1.06. The number of hydrogen-bond acceptors (Lipinski definition) is 3. The second-order valence-electron chi connectivity index (χ2n) is 4.68. The van der Waals surface area contributed by atoms with Gasteiger partial charge < -0.3 is 9.84 Å². The molecular weight excluding hydrogens is 242 g/mol. The highest BCUT2D eigenvalue weighted by atomic mass is 19.3. The monoisotopic (exact) mass is 266 g/mol. The molecule has 0 aliphatic heterocycles. The van der Waals surface area contributed by atoms with Crippen LogP contribution in [0.1, 0.15) is 53.4 Å². The van der Waals surface area contributed by atoms with Crippen molar-refractivity contribution in [2.45, 2.75) is 70.5 Å². The summed E-state index contributed by atoms with van der Waals surface area (Å²) in [5, 5.41) is 10.3. The number of aliphatic hydroxyl groups is 1. The molecule has 0 heterocycles.